The minimum Gasteiger partial charge on any atom is -0.355 e. The van der Waals surface area contributed by atoms with Crippen LogP contribution in [-0.2, 0) is 4.79 Å². The lowest BCUT2D eigenvalue weighted by atomic mass is 10.2. The highest BCUT2D eigenvalue weighted by molar-refractivity contribution is 5.87. The van der Waals surface area contributed by atoms with Gasteiger partial charge in [0.25, 0.3) is 0 Å². The van der Waals surface area contributed by atoms with Gasteiger partial charge in [0.15, 0.2) is 0 Å². The standard InChI is InChI=1S/C14H20N6O/c1-2-15-12(21)9-19-5-7-20(8-6-19)14-11-3-4-16-13(11)17-10-18-14/h3-4,10H,2,5-9H2,1H3,(H,15,21)(H,16,17,18). The first-order valence-corrected chi connectivity index (χ1v) is 7.30. The van der Waals surface area contributed by atoms with Crippen LogP contribution in [-0.4, -0.2) is 65.0 Å². The zero-order valence-electron chi connectivity index (χ0n) is 12.2. The number of carbonyl (C=O) groups is 1. The van der Waals surface area contributed by atoms with Gasteiger partial charge in [-0.15, -0.1) is 0 Å². The number of anilines is 1. The quantitative estimate of drug-likeness (QED) is 0.841. The van der Waals surface area contributed by atoms with Crippen LogP contribution in [0, 0.1) is 0 Å². The van der Waals surface area contributed by atoms with E-state index in [1.54, 1.807) is 6.33 Å². The average Bonchev–Trinajstić information content (AvgIpc) is 2.97. The summed E-state index contributed by atoms with van der Waals surface area (Å²) >= 11 is 0. The average molecular weight is 288 g/mol. The van der Waals surface area contributed by atoms with Crippen LogP contribution >= 0.6 is 0 Å². The fourth-order valence-corrected chi connectivity index (χ4v) is 2.68. The second-order valence-corrected chi connectivity index (χ2v) is 5.15. The number of piperazine rings is 1. The van der Waals surface area contributed by atoms with Crippen LogP contribution in [0.3, 0.4) is 0 Å². The first-order chi connectivity index (χ1) is 10.3. The number of nitrogens with zero attached hydrogens (tertiary/aromatic N) is 4. The number of aromatic nitrogens is 3. The number of amides is 1. The molecule has 3 rings (SSSR count). The van der Waals surface area contributed by atoms with Crippen LogP contribution in [0.5, 0.6) is 0 Å². The number of hydrogen-bond donors (Lipinski definition) is 2. The van der Waals surface area contributed by atoms with Crippen LogP contribution in [0.2, 0.25) is 0 Å². The van der Waals surface area contributed by atoms with Crippen LogP contribution in [0.25, 0.3) is 11.0 Å². The molecule has 112 valence electrons. The first-order valence-electron chi connectivity index (χ1n) is 7.30. The SMILES string of the molecule is CCNC(=O)CN1CCN(c2ncnc3[nH]ccc23)CC1. The Balaban J connectivity index is 1.63. The molecule has 1 aliphatic heterocycles. The van der Waals surface area contributed by atoms with Crippen molar-refractivity contribution >= 4 is 22.8 Å². The molecule has 0 aliphatic carbocycles. The fourth-order valence-electron chi connectivity index (χ4n) is 2.68. The van der Waals surface area contributed by atoms with Crippen LogP contribution in [0.1, 0.15) is 6.92 Å². The molecule has 0 bridgehead atoms. The smallest absolute Gasteiger partial charge is 0.234 e. The van der Waals surface area contributed by atoms with Crippen molar-refractivity contribution in [3.8, 4) is 0 Å². The molecule has 0 radical (unpaired) electrons. The molecule has 3 heterocycles. The van der Waals surface area contributed by atoms with Gasteiger partial charge in [-0.05, 0) is 13.0 Å². The molecule has 0 saturated carbocycles. The summed E-state index contributed by atoms with van der Waals surface area (Å²) in [7, 11) is 0. The van der Waals surface area contributed by atoms with E-state index in [4.69, 9.17) is 0 Å². The van der Waals surface area contributed by atoms with Gasteiger partial charge in [0, 0.05) is 38.9 Å². The van der Waals surface area contributed by atoms with Gasteiger partial charge in [0.05, 0.1) is 11.9 Å². The number of carbonyl (C=O) groups excluding carboxylic acids is 1. The van der Waals surface area contributed by atoms with E-state index < -0.39 is 0 Å². The molecule has 1 fully saturated rings. The third-order valence-electron chi connectivity index (χ3n) is 3.75. The van der Waals surface area contributed by atoms with Crippen molar-refractivity contribution in [2.24, 2.45) is 0 Å². The minimum absolute atomic E-state index is 0.0982. The highest BCUT2D eigenvalue weighted by Gasteiger charge is 2.21. The molecule has 1 saturated heterocycles. The van der Waals surface area contributed by atoms with Crippen molar-refractivity contribution in [1.29, 1.82) is 0 Å². The summed E-state index contributed by atoms with van der Waals surface area (Å²) in [5, 5.41) is 3.89. The Morgan fingerprint density at radius 3 is 2.90 bits per heavy atom. The van der Waals surface area contributed by atoms with E-state index in [1.807, 2.05) is 19.2 Å². The molecule has 7 heteroatoms. The Morgan fingerprint density at radius 1 is 1.33 bits per heavy atom. The molecule has 2 N–H and O–H groups in total. The Hall–Kier alpha value is -2.15. The number of aromatic amines is 1. The monoisotopic (exact) mass is 288 g/mol. The number of rotatable bonds is 4. The topological polar surface area (TPSA) is 77.2 Å². The van der Waals surface area contributed by atoms with E-state index in [1.165, 1.54) is 0 Å². The van der Waals surface area contributed by atoms with E-state index in [-0.39, 0.29) is 5.91 Å². The summed E-state index contributed by atoms with van der Waals surface area (Å²) in [6.45, 7) is 6.58. The second kappa shape index (κ2) is 6.09. The van der Waals surface area contributed by atoms with Crippen LogP contribution in [0.4, 0.5) is 5.82 Å². The van der Waals surface area contributed by atoms with Crippen molar-refractivity contribution in [2.75, 3.05) is 44.2 Å². The van der Waals surface area contributed by atoms with Crippen LogP contribution < -0.4 is 10.2 Å². The molecule has 0 atom stereocenters. The summed E-state index contributed by atoms with van der Waals surface area (Å²) in [4.78, 5) is 27.8. The van der Waals surface area contributed by atoms with Crippen molar-refractivity contribution in [3.05, 3.63) is 18.6 Å². The molecule has 2 aromatic heterocycles. The zero-order valence-corrected chi connectivity index (χ0v) is 12.2. The van der Waals surface area contributed by atoms with Gasteiger partial charge in [0.1, 0.15) is 17.8 Å². The Bertz CT molecular complexity index is 617. The molecular formula is C14H20N6O. The molecular weight excluding hydrogens is 268 g/mol. The highest BCUT2D eigenvalue weighted by atomic mass is 16.2. The maximum atomic E-state index is 11.6. The molecule has 0 unspecified atom stereocenters. The van der Waals surface area contributed by atoms with Gasteiger partial charge >= 0.3 is 0 Å². The lowest BCUT2D eigenvalue weighted by Crippen LogP contribution is -2.49. The van der Waals surface area contributed by atoms with Gasteiger partial charge in [-0.1, -0.05) is 0 Å². The van der Waals surface area contributed by atoms with Crippen molar-refractivity contribution < 1.29 is 4.79 Å². The van der Waals surface area contributed by atoms with Gasteiger partial charge in [-0.3, -0.25) is 9.69 Å². The van der Waals surface area contributed by atoms with Crippen molar-refractivity contribution in [3.63, 3.8) is 0 Å². The van der Waals surface area contributed by atoms with E-state index in [2.05, 4.69) is 30.1 Å². The van der Waals surface area contributed by atoms with Crippen molar-refractivity contribution in [2.45, 2.75) is 6.92 Å². The number of nitrogens with one attached hydrogen (secondary N) is 2. The molecule has 1 amide bonds. The molecule has 1 aliphatic rings. The number of H-pyrrole nitrogens is 1. The van der Waals surface area contributed by atoms with Crippen molar-refractivity contribution in [1.82, 2.24) is 25.2 Å². The van der Waals surface area contributed by atoms with E-state index in [9.17, 15) is 4.79 Å². The van der Waals surface area contributed by atoms with Gasteiger partial charge in [-0.2, -0.15) is 0 Å². The summed E-state index contributed by atoms with van der Waals surface area (Å²) in [5.41, 5.74) is 0.866. The lowest BCUT2D eigenvalue weighted by molar-refractivity contribution is -0.122. The maximum absolute atomic E-state index is 11.6. The predicted octanol–water partition coefficient (Wildman–Crippen LogP) is 0.216. The minimum atomic E-state index is 0.0982. The van der Waals surface area contributed by atoms with E-state index >= 15 is 0 Å². The Kier molecular flexibility index (Phi) is 4.01. The molecule has 21 heavy (non-hydrogen) atoms. The number of hydrogen-bond acceptors (Lipinski definition) is 5. The lowest BCUT2D eigenvalue weighted by Gasteiger charge is -2.35. The molecule has 7 nitrogen and oxygen atoms in total. The summed E-state index contributed by atoms with van der Waals surface area (Å²) in [6, 6.07) is 2.01. The maximum Gasteiger partial charge on any atom is 0.234 e. The molecule has 0 aromatic carbocycles. The Morgan fingerprint density at radius 2 is 2.14 bits per heavy atom. The zero-order chi connectivity index (χ0) is 14.7. The third kappa shape index (κ3) is 2.97. The third-order valence-corrected chi connectivity index (χ3v) is 3.75. The normalized spacial score (nSPS) is 16.3. The van der Waals surface area contributed by atoms with Gasteiger partial charge < -0.3 is 15.2 Å². The first kappa shape index (κ1) is 13.8. The second-order valence-electron chi connectivity index (χ2n) is 5.15. The molecule has 0 spiro atoms. The summed E-state index contributed by atoms with van der Waals surface area (Å²) < 4.78 is 0. The summed E-state index contributed by atoms with van der Waals surface area (Å²) in [5.74, 6) is 1.07. The largest absolute Gasteiger partial charge is 0.355 e. The number of fused-ring (bicyclic) bond motifs is 1. The number of likely N-dealkylation sites (N-methyl/N-ethyl adjacent to an activating group) is 1. The predicted molar refractivity (Wildman–Crippen MR) is 81.2 cm³/mol. The molecule has 2 aromatic rings. The van der Waals surface area contributed by atoms with Crippen LogP contribution in [0.15, 0.2) is 18.6 Å². The fraction of sp³-hybridized carbons (Fsp3) is 0.500. The Labute approximate surface area is 123 Å². The highest BCUT2D eigenvalue weighted by Crippen LogP contribution is 2.22. The van der Waals surface area contributed by atoms with E-state index in [0.29, 0.717) is 13.1 Å². The van der Waals surface area contributed by atoms with E-state index in [0.717, 1.165) is 43.0 Å². The van der Waals surface area contributed by atoms with Gasteiger partial charge in [0.2, 0.25) is 5.91 Å². The summed E-state index contributed by atoms with van der Waals surface area (Å²) in [6.07, 6.45) is 3.48. The van der Waals surface area contributed by atoms with Gasteiger partial charge in [-0.25, -0.2) is 9.97 Å².